The molecule has 1 saturated carbocycles. The Bertz CT molecular complexity index is 122. The van der Waals surface area contributed by atoms with Gasteiger partial charge in [-0.05, 0) is 32.1 Å². The number of hydrogen-bond donors (Lipinski definition) is 0. The predicted molar refractivity (Wildman–Crippen MR) is 46.0 cm³/mol. The highest BCUT2D eigenvalue weighted by Gasteiger charge is 2.10. The molecule has 0 heteroatoms. The monoisotopic (exact) mass is 138 g/mol. The van der Waals surface area contributed by atoms with Crippen molar-refractivity contribution in [3.05, 3.63) is 11.6 Å². The molecule has 1 unspecified atom stereocenters. The third kappa shape index (κ3) is 1.86. The van der Waals surface area contributed by atoms with Gasteiger partial charge in [0.2, 0.25) is 0 Å². The third-order valence-electron chi connectivity index (χ3n) is 2.61. The van der Waals surface area contributed by atoms with Crippen LogP contribution in [0.15, 0.2) is 11.6 Å². The van der Waals surface area contributed by atoms with E-state index in [9.17, 15) is 0 Å². The molecule has 1 aliphatic rings. The Morgan fingerprint density at radius 1 is 1.30 bits per heavy atom. The van der Waals surface area contributed by atoms with Gasteiger partial charge in [0.05, 0.1) is 0 Å². The second-order valence-electron chi connectivity index (χ2n) is 3.36. The smallest absolute Gasteiger partial charge is 0.0232 e. The first-order chi connectivity index (χ1) is 4.84. The molecule has 0 aromatic heterocycles. The Balaban J connectivity index is 2.52. The molecule has 0 bridgehead atoms. The number of rotatable bonds is 0. The van der Waals surface area contributed by atoms with E-state index in [2.05, 4.69) is 19.9 Å². The van der Waals surface area contributed by atoms with Gasteiger partial charge in [-0.2, -0.15) is 0 Å². The first-order valence-electron chi connectivity index (χ1n) is 4.49. The maximum Gasteiger partial charge on any atom is -0.0232 e. The van der Waals surface area contributed by atoms with Crippen LogP contribution >= 0.6 is 0 Å². The van der Waals surface area contributed by atoms with Crippen LogP contribution < -0.4 is 0 Å². The van der Waals surface area contributed by atoms with Crippen LogP contribution in [0.3, 0.4) is 0 Å². The van der Waals surface area contributed by atoms with Gasteiger partial charge in [-0.15, -0.1) is 0 Å². The topological polar surface area (TPSA) is 0 Å². The molecule has 0 nitrogen and oxygen atoms in total. The summed E-state index contributed by atoms with van der Waals surface area (Å²) in [7, 11) is 0. The lowest BCUT2D eigenvalue weighted by Gasteiger charge is -2.10. The largest absolute Gasteiger partial charge is 0.0882 e. The molecular formula is C10H18. The molecule has 58 valence electrons. The van der Waals surface area contributed by atoms with Crippen molar-refractivity contribution in [1.29, 1.82) is 0 Å². The average Bonchev–Trinajstić information content (AvgIpc) is 2.13. The van der Waals surface area contributed by atoms with Crippen molar-refractivity contribution < 1.29 is 0 Å². The predicted octanol–water partition coefficient (Wildman–Crippen LogP) is 3.53. The summed E-state index contributed by atoms with van der Waals surface area (Å²) in [5.74, 6) is 0.868. The number of hydrogen-bond acceptors (Lipinski definition) is 0. The SMILES string of the molecule is C/C=C1\CCCCCC1C. The van der Waals surface area contributed by atoms with Crippen molar-refractivity contribution in [2.24, 2.45) is 5.92 Å². The van der Waals surface area contributed by atoms with E-state index in [1.807, 2.05) is 0 Å². The van der Waals surface area contributed by atoms with E-state index in [-0.39, 0.29) is 0 Å². The minimum atomic E-state index is 0.868. The minimum absolute atomic E-state index is 0.868. The van der Waals surface area contributed by atoms with E-state index in [0.29, 0.717) is 0 Å². The maximum absolute atomic E-state index is 2.36. The van der Waals surface area contributed by atoms with E-state index >= 15 is 0 Å². The van der Waals surface area contributed by atoms with Crippen LogP contribution in [-0.2, 0) is 0 Å². The van der Waals surface area contributed by atoms with Gasteiger partial charge < -0.3 is 0 Å². The van der Waals surface area contributed by atoms with Gasteiger partial charge in [0, 0.05) is 0 Å². The lowest BCUT2D eigenvalue weighted by atomic mass is 9.96. The highest BCUT2D eigenvalue weighted by atomic mass is 14.2. The van der Waals surface area contributed by atoms with Crippen molar-refractivity contribution in [3.63, 3.8) is 0 Å². The van der Waals surface area contributed by atoms with E-state index in [4.69, 9.17) is 0 Å². The molecule has 0 amide bonds. The molecule has 0 aromatic carbocycles. The van der Waals surface area contributed by atoms with Gasteiger partial charge in [-0.3, -0.25) is 0 Å². The fraction of sp³-hybridized carbons (Fsp3) is 0.800. The average molecular weight is 138 g/mol. The molecule has 0 heterocycles. The lowest BCUT2D eigenvalue weighted by molar-refractivity contribution is 0.595. The highest BCUT2D eigenvalue weighted by molar-refractivity contribution is 5.05. The van der Waals surface area contributed by atoms with Gasteiger partial charge >= 0.3 is 0 Å². The Morgan fingerprint density at radius 2 is 2.10 bits per heavy atom. The van der Waals surface area contributed by atoms with Crippen LogP contribution in [0.4, 0.5) is 0 Å². The van der Waals surface area contributed by atoms with Gasteiger partial charge in [0.25, 0.3) is 0 Å². The van der Waals surface area contributed by atoms with Crippen LogP contribution in [0.1, 0.15) is 46.0 Å². The summed E-state index contributed by atoms with van der Waals surface area (Å²) in [5, 5.41) is 0. The van der Waals surface area contributed by atoms with Crippen LogP contribution in [0.25, 0.3) is 0 Å². The summed E-state index contributed by atoms with van der Waals surface area (Å²) < 4.78 is 0. The van der Waals surface area contributed by atoms with Crippen LogP contribution in [0.5, 0.6) is 0 Å². The molecule has 1 rings (SSSR count). The lowest BCUT2D eigenvalue weighted by Crippen LogP contribution is -1.95. The fourth-order valence-electron chi connectivity index (χ4n) is 1.82. The van der Waals surface area contributed by atoms with Crippen molar-refractivity contribution in [3.8, 4) is 0 Å². The molecule has 0 aliphatic heterocycles. The molecule has 1 aliphatic carbocycles. The first kappa shape index (κ1) is 7.84. The minimum Gasteiger partial charge on any atom is -0.0882 e. The van der Waals surface area contributed by atoms with E-state index in [0.717, 1.165) is 5.92 Å². The normalized spacial score (nSPS) is 32.2. The van der Waals surface area contributed by atoms with Crippen molar-refractivity contribution in [2.75, 3.05) is 0 Å². The van der Waals surface area contributed by atoms with E-state index in [1.165, 1.54) is 32.1 Å². The summed E-state index contributed by atoms with van der Waals surface area (Å²) in [5.41, 5.74) is 1.69. The summed E-state index contributed by atoms with van der Waals surface area (Å²) >= 11 is 0. The molecular weight excluding hydrogens is 120 g/mol. The first-order valence-corrected chi connectivity index (χ1v) is 4.49. The summed E-state index contributed by atoms with van der Waals surface area (Å²) in [6, 6.07) is 0. The molecule has 10 heavy (non-hydrogen) atoms. The standard InChI is InChI=1S/C10H18/c1-3-10-8-6-4-5-7-9(10)2/h3,9H,4-8H2,1-2H3/b10-3+. The third-order valence-corrected chi connectivity index (χ3v) is 2.61. The zero-order valence-corrected chi connectivity index (χ0v) is 7.19. The second kappa shape index (κ2) is 3.80. The quantitative estimate of drug-likeness (QED) is 0.355. The zero-order valence-electron chi connectivity index (χ0n) is 7.19. The van der Waals surface area contributed by atoms with Crippen molar-refractivity contribution in [2.45, 2.75) is 46.0 Å². The van der Waals surface area contributed by atoms with Gasteiger partial charge in [-0.1, -0.05) is 31.4 Å². The molecule has 0 radical (unpaired) electrons. The van der Waals surface area contributed by atoms with E-state index in [1.54, 1.807) is 5.57 Å². The zero-order chi connectivity index (χ0) is 7.40. The van der Waals surface area contributed by atoms with Crippen molar-refractivity contribution >= 4 is 0 Å². The summed E-state index contributed by atoms with van der Waals surface area (Å²) in [4.78, 5) is 0. The molecule has 1 atom stereocenters. The van der Waals surface area contributed by atoms with Crippen LogP contribution in [-0.4, -0.2) is 0 Å². The van der Waals surface area contributed by atoms with Gasteiger partial charge in [-0.25, -0.2) is 0 Å². The Kier molecular flexibility index (Phi) is 2.98. The van der Waals surface area contributed by atoms with E-state index < -0.39 is 0 Å². The number of allylic oxidation sites excluding steroid dienone is 2. The van der Waals surface area contributed by atoms with Gasteiger partial charge in [0.15, 0.2) is 0 Å². The molecule has 0 spiro atoms. The molecule has 1 fully saturated rings. The Labute approximate surface area is 64.3 Å². The maximum atomic E-state index is 2.36. The van der Waals surface area contributed by atoms with Crippen LogP contribution in [0.2, 0.25) is 0 Å². The molecule has 0 aromatic rings. The summed E-state index contributed by atoms with van der Waals surface area (Å²) in [6.45, 7) is 4.54. The molecule has 0 saturated heterocycles. The van der Waals surface area contributed by atoms with Crippen LogP contribution in [0, 0.1) is 5.92 Å². The van der Waals surface area contributed by atoms with Gasteiger partial charge in [0.1, 0.15) is 0 Å². The highest BCUT2D eigenvalue weighted by Crippen LogP contribution is 2.27. The second-order valence-corrected chi connectivity index (χ2v) is 3.36. The Hall–Kier alpha value is -0.260. The Morgan fingerprint density at radius 3 is 2.80 bits per heavy atom. The summed E-state index contributed by atoms with van der Waals surface area (Å²) in [6.07, 6.45) is 9.40. The fourth-order valence-corrected chi connectivity index (χ4v) is 1.82. The molecule has 0 N–H and O–H groups in total. The van der Waals surface area contributed by atoms with Crippen molar-refractivity contribution in [1.82, 2.24) is 0 Å².